The van der Waals surface area contributed by atoms with E-state index in [2.05, 4.69) is 11.6 Å². The van der Waals surface area contributed by atoms with Crippen LogP contribution in [0.5, 0.6) is 0 Å². The van der Waals surface area contributed by atoms with E-state index >= 15 is 0 Å². The molecule has 2 heteroatoms. The van der Waals surface area contributed by atoms with E-state index in [0.717, 1.165) is 16.7 Å². The van der Waals surface area contributed by atoms with Crippen LogP contribution in [0.25, 0.3) is 17.2 Å². The third kappa shape index (κ3) is 2.72. The highest BCUT2D eigenvalue weighted by molar-refractivity contribution is 6.11. The number of hydrogen-bond acceptors (Lipinski definition) is 2. The van der Waals surface area contributed by atoms with Crippen molar-refractivity contribution in [2.24, 2.45) is 0 Å². The Labute approximate surface area is 129 Å². The Hall–Kier alpha value is -3.00. The maximum atomic E-state index is 12.7. The molecule has 0 bridgehead atoms. The van der Waals surface area contributed by atoms with E-state index in [1.165, 1.54) is 0 Å². The topological polar surface area (TPSA) is 30.0 Å². The first-order chi connectivity index (χ1) is 10.8. The molecule has 0 aliphatic heterocycles. The fraction of sp³-hybridized carbons (Fsp3) is 0. The summed E-state index contributed by atoms with van der Waals surface area (Å²) in [5, 5.41) is 0. The first kappa shape index (κ1) is 14.0. The first-order valence-electron chi connectivity index (χ1n) is 7.07. The van der Waals surface area contributed by atoms with Crippen LogP contribution >= 0.6 is 0 Å². The smallest absolute Gasteiger partial charge is 0.211 e. The minimum Gasteiger partial charge on any atom is -0.287 e. The molecule has 0 radical (unpaired) electrons. The zero-order valence-corrected chi connectivity index (χ0v) is 12.1. The van der Waals surface area contributed by atoms with Gasteiger partial charge in [-0.15, -0.1) is 0 Å². The van der Waals surface area contributed by atoms with Crippen molar-refractivity contribution in [1.29, 1.82) is 0 Å². The number of carbonyl (C=O) groups excluding carboxylic acids is 1. The van der Waals surface area contributed by atoms with Crippen LogP contribution in [-0.4, -0.2) is 10.8 Å². The van der Waals surface area contributed by atoms with Gasteiger partial charge in [-0.3, -0.25) is 9.78 Å². The molecule has 2 nitrogen and oxygen atoms in total. The van der Waals surface area contributed by atoms with E-state index in [1.54, 1.807) is 24.4 Å². The van der Waals surface area contributed by atoms with Crippen molar-refractivity contribution in [2.45, 2.75) is 0 Å². The second kappa shape index (κ2) is 6.19. The summed E-state index contributed by atoms with van der Waals surface area (Å²) in [4.78, 5) is 16.8. The van der Waals surface area contributed by atoms with Gasteiger partial charge in [0.1, 0.15) is 5.69 Å². The Kier molecular flexibility index (Phi) is 3.92. The highest BCUT2D eigenvalue weighted by Crippen LogP contribution is 2.26. The molecule has 0 saturated carbocycles. The van der Waals surface area contributed by atoms with Gasteiger partial charge in [0, 0.05) is 11.8 Å². The van der Waals surface area contributed by atoms with Crippen LogP contribution in [0.2, 0.25) is 0 Å². The highest BCUT2D eigenvalue weighted by atomic mass is 16.1. The average Bonchev–Trinajstić information content (AvgIpc) is 2.62. The molecular formula is C20H15NO. The van der Waals surface area contributed by atoms with E-state index in [-0.39, 0.29) is 5.78 Å². The summed E-state index contributed by atoms with van der Waals surface area (Å²) in [6.07, 6.45) is 3.43. The van der Waals surface area contributed by atoms with Crippen LogP contribution < -0.4 is 0 Å². The van der Waals surface area contributed by atoms with Crippen LogP contribution in [0.3, 0.4) is 0 Å². The van der Waals surface area contributed by atoms with E-state index in [9.17, 15) is 4.79 Å². The number of carbonyl (C=O) groups is 1. The Morgan fingerprint density at radius 2 is 1.64 bits per heavy atom. The minimum atomic E-state index is -0.0657. The van der Waals surface area contributed by atoms with Crippen molar-refractivity contribution in [2.75, 3.05) is 0 Å². The van der Waals surface area contributed by atoms with Gasteiger partial charge >= 0.3 is 0 Å². The average molecular weight is 285 g/mol. The van der Waals surface area contributed by atoms with E-state index in [1.807, 2.05) is 54.6 Å². The van der Waals surface area contributed by atoms with Gasteiger partial charge in [0.2, 0.25) is 5.78 Å². The first-order valence-corrected chi connectivity index (χ1v) is 7.07. The molecule has 0 atom stereocenters. The maximum absolute atomic E-state index is 12.7. The van der Waals surface area contributed by atoms with Gasteiger partial charge in [-0.25, -0.2) is 0 Å². The van der Waals surface area contributed by atoms with Gasteiger partial charge in [0.05, 0.1) is 0 Å². The van der Waals surface area contributed by atoms with Gasteiger partial charge in [-0.2, -0.15) is 0 Å². The highest BCUT2D eigenvalue weighted by Gasteiger charge is 2.14. The number of pyridine rings is 1. The fourth-order valence-electron chi connectivity index (χ4n) is 2.37. The van der Waals surface area contributed by atoms with Crippen molar-refractivity contribution in [3.63, 3.8) is 0 Å². The lowest BCUT2D eigenvalue weighted by Gasteiger charge is -2.09. The zero-order valence-electron chi connectivity index (χ0n) is 12.1. The largest absolute Gasteiger partial charge is 0.287 e. The maximum Gasteiger partial charge on any atom is 0.211 e. The number of aromatic nitrogens is 1. The number of hydrogen-bond donors (Lipinski definition) is 0. The van der Waals surface area contributed by atoms with E-state index < -0.39 is 0 Å². The molecule has 0 fully saturated rings. The van der Waals surface area contributed by atoms with Crippen molar-refractivity contribution >= 4 is 11.9 Å². The third-order valence-electron chi connectivity index (χ3n) is 3.53. The molecule has 106 valence electrons. The SMILES string of the molecule is C=Cc1ccc(-c2ccccc2C(=O)c2ccccn2)cc1. The van der Waals surface area contributed by atoms with Crippen molar-refractivity contribution < 1.29 is 4.79 Å². The molecule has 2 aromatic carbocycles. The van der Waals surface area contributed by atoms with Gasteiger partial charge in [0.15, 0.2) is 0 Å². The molecule has 0 amide bonds. The normalized spacial score (nSPS) is 10.2. The summed E-state index contributed by atoms with van der Waals surface area (Å²) in [5.41, 5.74) is 4.08. The Bertz CT molecular complexity index is 805. The van der Waals surface area contributed by atoms with Gasteiger partial charge < -0.3 is 0 Å². The molecule has 0 unspecified atom stereocenters. The minimum absolute atomic E-state index is 0.0657. The van der Waals surface area contributed by atoms with Crippen LogP contribution in [0.15, 0.2) is 79.5 Å². The number of ketones is 1. The Balaban J connectivity index is 2.06. The lowest BCUT2D eigenvalue weighted by atomic mass is 9.95. The molecule has 0 saturated heterocycles. The molecule has 0 N–H and O–H groups in total. The van der Waals surface area contributed by atoms with Crippen LogP contribution in [0, 0.1) is 0 Å². The number of nitrogens with zero attached hydrogens (tertiary/aromatic N) is 1. The molecule has 0 spiro atoms. The summed E-state index contributed by atoms with van der Waals surface area (Å²) in [5.74, 6) is -0.0657. The molecule has 1 heterocycles. The Morgan fingerprint density at radius 1 is 0.909 bits per heavy atom. The second-order valence-electron chi connectivity index (χ2n) is 4.92. The van der Waals surface area contributed by atoms with Crippen LogP contribution in [-0.2, 0) is 0 Å². The monoisotopic (exact) mass is 285 g/mol. The van der Waals surface area contributed by atoms with Gasteiger partial charge in [-0.05, 0) is 28.8 Å². The summed E-state index contributed by atoms with van der Waals surface area (Å²) in [6, 6.07) is 21.0. The molecule has 22 heavy (non-hydrogen) atoms. The number of rotatable bonds is 4. The predicted molar refractivity (Wildman–Crippen MR) is 89.6 cm³/mol. The summed E-state index contributed by atoms with van der Waals surface area (Å²) in [7, 11) is 0. The lowest BCUT2D eigenvalue weighted by Crippen LogP contribution is -2.05. The third-order valence-corrected chi connectivity index (χ3v) is 3.53. The molecule has 3 rings (SSSR count). The molecule has 3 aromatic rings. The molecule has 0 aliphatic carbocycles. The van der Waals surface area contributed by atoms with Crippen molar-refractivity contribution in [3.05, 3.63) is 96.3 Å². The summed E-state index contributed by atoms with van der Waals surface area (Å²) >= 11 is 0. The van der Waals surface area contributed by atoms with Crippen LogP contribution in [0.1, 0.15) is 21.6 Å². The van der Waals surface area contributed by atoms with Gasteiger partial charge in [-0.1, -0.05) is 67.3 Å². The second-order valence-corrected chi connectivity index (χ2v) is 4.92. The van der Waals surface area contributed by atoms with Crippen LogP contribution in [0.4, 0.5) is 0 Å². The lowest BCUT2D eigenvalue weighted by molar-refractivity contribution is 0.103. The summed E-state index contributed by atoms with van der Waals surface area (Å²) in [6.45, 7) is 3.76. The fourth-order valence-corrected chi connectivity index (χ4v) is 2.37. The summed E-state index contributed by atoms with van der Waals surface area (Å²) < 4.78 is 0. The molecular weight excluding hydrogens is 270 g/mol. The predicted octanol–water partition coefficient (Wildman–Crippen LogP) is 4.62. The van der Waals surface area contributed by atoms with Gasteiger partial charge in [0.25, 0.3) is 0 Å². The van der Waals surface area contributed by atoms with Crippen molar-refractivity contribution in [3.8, 4) is 11.1 Å². The Morgan fingerprint density at radius 3 is 2.32 bits per heavy atom. The standard InChI is InChI=1S/C20H15NO/c1-2-15-10-12-16(13-11-15)17-7-3-4-8-18(17)20(22)19-9-5-6-14-21-19/h2-14H,1H2. The van der Waals surface area contributed by atoms with Crippen molar-refractivity contribution in [1.82, 2.24) is 4.98 Å². The van der Waals surface area contributed by atoms with E-state index in [0.29, 0.717) is 11.3 Å². The molecule has 0 aliphatic rings. The quantitative estimate of drug-likeness (QED) is 0.654. The van der Waals surface area contributed by atoms with E-state index in [4.69, 9.17) is 0 Å². The zero-order chi connectivity index (χ0) is 15.4. The molecule has 1 aromatic heterocycles. The number of benzene rings is 2.